The molecule has 0 unspecified atom stereocenters. The lowest BCUT2D eigenvalue weighted by atomic mass is 9.83. The molecule has 3 heteroatoms. The van der Waals surface area contributed by atoms with E-state index in [4.69, 9.17) is 0 Å². The second-order valence-corrected chi connectivity index (χ2v) is 7.21. The van der Waals surface area contributed by atoms with Gasteiger partial charge in [0.05, 0.1) is 5.56 Å². The Hall–Kier alpha value is -1.09. The molecule has 0 saturated carbocycles. The van der Waals surface area contributed by atoms with Gasteiger partial charge in [-0.15, -0.1) is 0 Å². The molecule has 0 fully saturated rings. The normalized spacial score (nSPS) is 16.1. The Morgan fingerprint density at radius 1 is 1.30 bits per heavy atom. The summed E-state index contributed by atoms with van der Waals surface area (Å²) in [4.78, 5) is 14.5. The molecular weight excluding hydrogens is 314 g/mol. The van der Waals surface area contributed by atoms with Gasteiger partial charge in [-0.25, -0.2) is 0 Å². The van der Waals surface area contributed by atoms with Crippen molar-refractivity contribution in [3.63, 3.8) is 0 Å². The van der Waals surface area contributed by atoms with Crippen molar-refractivity contribution in [2.75, 3.05) is 13.1 Å². The van der Waals surface area contributed by atoms with E-state index in [2.05, 4.69) is 42.8 Å². The molecule has 1 amide bonds. The topological polar surface area (TPSA) is 20.3 Å². The number of hydrogen-bond acceptors (Lipinski definition) is 1. The number of benzene rings is 1. The summed E-state index contributed by atoms with van der Waals surface area (Å²) in [5.41, 5.74) is 3.51. The van der Waals surface area contributed by atoms with Gasteiger partial charge in [0.15, 0.2) is 0 Å². The SMILES string of the molecule is Cc1cccc(C(=O)N2CC=C(C(C)(C)C)CC2)c1Br. The lowest BCUT2D eigenvalue weighted by molar-refractivity contribution is 0.0764. The van der Waals surface area contributed by atoms with Crippen LogP contribution >= 0.6 is 15.9 Å². The Morgan fingerprint density at radius 3 is 2.55 bits per heavy atom. The highest BCUT2D eigenvalue weighted by atomic mass is 79.9. The molecule has 0 saturated heterocycles. The highest BCUT2D eigenvalue weighted by molar-refractivity contribution is 9.10. The molecule has 0 bridgehead atoms. The van der Waals surface area contributed by atoms with E-state index in [1.54, 1.807) is 0 Å². The van der Waals surface area contributed by atoms with E-state index in [0.29, 0.717) is 6.54 Å². The number of aryl methyl sites for hydroxylation is 1. The summed E-state index contributed by atoms with van der Waals surface area (Å²) in [6, 6.07) is 5.84. The van der Waals surface area contributed by atoms with Crippen LogP contribution in [-0.2, 0) is 0 Å². The van der Waals surface area contributed by atoms with E-state index in [1.165, 1.54) is 5.57 Å². The number of amides is 1. The maximum Gasteiger partial charge on any atom is 0.255 e. The lowest BCUT2D eigenvalue weighted by Crippen LogP contribution is -2.36. The minimum absolute atomic E-state index is 0.116. The van der Waals surface area contributed by atoms with Gasteiger partial charge >= 0.3 is 0 Å². The molecule has 2 nitrogen and oxygen atoms in total. The van der Waals surface area contributed by atoms with E-state index in [0.717, 1.165) is 28.6 Å². The molecule has 20 heavy (non-hydrogen) atoms. The Balaban J connectivity index is 2.17. The van der Waals surface area contributed by atoms with Crippen molar-refractivity contribution in [3.05, 3.63) is 45.4 Å². The highest BCUT2D eigenvalue weighted by Gasteiger charge is 2.25. The zero-order valence-corrected chi connectivity index (χ0v) is 14.3. The first-order valence-electron chi connectivity index (χ1n) is 7.04. The van der Waals surface area contributed by atoms with Crippen LogP contribution in [0.15, 0.2) is 34.3 Å². The van der Waals surface area contributed by atoms with Crippen LogP contribution in [0, 0.1) is 12.3 Å². The van der Waals surface area contributed by atoms with Gasteiger partial charge < -0.3 is 4.90 Å². The van der Waals surface area contributed by atoms with Crippen LogP contribution in [0.5, 0.6) is 0 Å². The summed E-state index contributed by atoms with van der Waals surface area (Å²) in [5.74, 6) is 0.116. The van der Waals surface area contributed by atoms with Crippen LogP contribution in [0.1, 0.15) is 43.1 Å². The molecule has 0 aliphatic carbocycles. The third-order valence-electron chi connectivity index (χ3n) is 3.88. The van der Waals surface area contributed by atoms with Crippen molar-refractivity contribution in [1.29, 1.82) is 0 Å². The molecule has 0 spiro atoms. The third-order valence-corrected chi connectivity index (χ3v) is 4.93. The molecule has 1 aliphatic heterocycles. The molecule has 1 aromatic rings. The second kappa shape index (κ2) is 5.72. The fourth-order valence-corrected chi connectivity index (χ4v) is 2.95. The Labute approximate surface area is 130 Å². The fourth-order valence-electron chi connectivity index (χ4n) is 2.52. The summed E-state index contributed by atoms with van der Waals surface area (Å²) in [7, 11) is 0. The van der Waals surface area contributed by atoms with Gasteiger partial charge in [0.1, 0.15) is 0 Å². The average Bonchev–Trinajstić information content (AvgIpc) is 2.40. The van der Waals surface area contributed by atoms with Gasteiger partial charge in [0, 0.05) is 17.6 Å². The van der Waals surface area contributed by atoms with E-state index in [1.807, 2.05) is 30.0 Å². The van der Waals surface area contributed by atoms with Crippen LogP contribution < -0.4 is 0 Å². The number of hydrogen-bond donors (Lipinski definition) is 0. The van der Waals surface area contributed by atoms with E-state index < -0.39 is 0 Å². The predicted octanol–water partition coefficient (Wildman–Crippen LogP) is 4.58. The van der Waals surface area contributed by atoms with Crippen LogP contribution in [-0.4, -0.2) is 23.9 Å². The Morgan fingerprint density at radius 2 is 2.00 bits per heavy atom. The fraction of sp³-hybridized carbons (Fsp3) is 0.471. The zero-order valence-electron chi connectivity index (χ0n) is 12.7. The van der Waals surface area contributed by atoms with Gasteiger partial charge in [0.25, 0.3) is 5.91 Å². The number of carbonyl (C=O) groups is 1. The molecule has 0 atom stereocenters. The first kappa shape index (κ1) is 15.3. The summed E-state index contributed by atoms with van der Waals surface area (Å²) < 4.78 is 0.913. The molecule has 1 aliphatic rings. The molecule has 0 N–H and O–H groups in total. The van der Waals surface area contributed by atoms with E-state index in [9.17, 15) is 4.79 Å². The zero-order chi connectivity index (χ0) is 14.9. The van der Waals surface area contributed by atoms with Gasteiger partial charge in [-0.3, -0.25) is 4.79 Å². The Bertz CT molecular complexity index is 555. The summed E-state index contributed by atoms with van der Waals surface area (Å²) >= 11 is 3.53. The maximum atomic E-state index is 12.6. The molecule has 1 aromatic carbocycles. The molecule has 2 rings (SSSR count). The van der Waals surface area contributed by atoms with Crippen molar-refractivity contribution >= 4 is 21.8 Å². The minimum Gasteiger partial charge on any atom is -0.335 e. The number of halogens is 1. The van der Waals surface area contributed by atoms with Crippen LogP contribution in [0.3, 0.4) is 0 Å². The third kappa shape index (κ3) is 3.14. The van der Waals surface area contributed by atoms with E-state index in [-0.39, 0.29) is 11.3 Å². The van der Waals surface area contributed by atoms with Crippen molar-refractivity contribution in [2.24, 2.45) is 5.41 Å². The molecule has 1 heterocycles. The number of nitrogens with zero attached hydrogens (tertiary/aromatic N) is 1. The highest BCUT2D eigenvalue weighted by Crippen LogP contribution is 2.31. The summed E-state index contributed by atoms with van der Waals surface area (Å²) in [6.45, 7) is 10.2. The predicted molar refractivity (Wildman–Crippen MR) is 86.9 cm³/mol. The quantitative estimate of drug-likeness (QED) is 0.688. The Kier molecular flexibility index (Phi) is 4.38. The first-order chi connectivity index (χ1) is 9.30. The van der Waals surface area contributed by atoms with Crippen molar-refractivity contribution < 1.29 is 4.79 Å². The van der Waals surface area contributed by atoms with Crippen LogP contribution in [0.4, 0.5) is 0 Å². The van der Waals surface area contributed by atoms with Gasteiger partial charge in [-0.2, -0.15) is 0 Å². The van der Waals surface area contributed by atoms with Crippen LogP contribution in [0.2, 0.25) is 0 Å². The van der Waals surface area contributed by atoms with Crippen molar-refractivity contribution in [3.8, 4) is 0 Å². The van der Waals surface area contributed by atoms with Crippen molar-refractivity contribution in [1.82, 2.24) is 4.90 Å². The largest absolute Gasteiger partial charge is 0.335 e. The maximum absolute atomic E-state index is 12.6. The molecule has 0 radical (unpaired) electrons. The second-order valence-electron chi connectivity index (χ2n) is 6.42. The molecule has 108 valence electrons. The smallest absolute Gasteiger partial charge is 0.255 e. The molecule has 0 aromatic heterocycles. The van der Waals surface area contributed by atoms with E-state index >= 15 is 0 Å². The summed E-state index contributed by atoms with van der Waals surface area (Å²) in [5, 5.41) is 0. The van der Waals surface area contributed by atoms with Gasteiger partial charge in [-0.05, 0) is 46.3 Å². The van der Waals surface area contributed by atoms with Crippen LogP contribution in [0.25, 0.3) is 0 Å². The first-order valence-corrected chi connectivity index (χ1v) is 7.84. The minimum atomic E-state index is 0.116. The number of carbonyl (C=O) groups excluding carboxylic acids is 1. The monoisotopic (exact) mass is 335 g/mol. The van der Waals surface area contributed by atoms with Gasteiger partial charge in [-0.1, -0.05) is 44.6 Å². The van der Waals surface area contributed by atoms with Crippen molar-refractivity contribution in [2.45, 2.75) is 34.1 Å². The molecular formula is C17H22BrNO. The number of rotatable bonds is 1. The average molecular weight is 336 g/mol. The van der Waals surface area contributed by atoms with Gasteiger partial charge in [0.2, 0.25) is 0 Å². The summed E-state index contributed by atoms with van der Waals surface area (Å²) in [6.07, 6.45) is 3.18. The lowest BCUT2D eigenvalue weighted by Gasteiger charge is -2.32. The standard InChI is InChI=1S/C17H22BrNO/c1-12-6-5-7-14(15(12)18)16(20)19-10-8-13(9-11-19)17(2,3)4/h5-8H,9-11H2,1-4H3.